The van der Waals surface area contributed by atoms with Gasteiger partial charge in [-0.15, -0.1) is 0 Å². The van der Waals surface area contributed by atoms with E-state index in [1.165, 1.54) is 7.11 Å². The number of nitrogens with two attached hydrogens (primary N) is 1. The van der Waals surface area contributed by atoms with Crippen LogP contribution < -0.4 is 16.0 Å². The third kappa shape index (κ3) is 2.32. The molecular weight excluding hydrogens is 233 g/mol. The molecule has 1 atom stereocenters. The van der Waals surface area contributed by atoms with Crippen LogP contribution in [0.2, 0.25) is 0 Å². The first kappa shape index (κ1) is 12.5. The van der Waals surface area contributed by atoms with Crippen LogP contribution in [-0.2, 0) is 0 Å². The van der Waals surface area contributed by atoms with Gasteiger partial charge in [-0.1, -0.05) is 18.2 Å². The van der Waals surface area contributed by atoms with Crippen molar-refractivity contribution >= 4 is 0 Å². The number of pyridine rings is 1. The van der Waals surface area contributed by atoms with E-state index in [1.54, 1.807) is 36.5 Å². The minimum Gasteiger partial charge on any atom is -0.494 e. The summed E-state index contributed by atoms with van der Waals surface area (Å²) >= 11 is 0. The Kier molecular flexibility index (Phi) is 3.86. The van der Waals surface area contributed by atoms with Gasteiger partial charge in [0, 0.05) is 11.8 Å². The summed E-state index contributed by atoms with van der Waals surface area (Å²) in [7, 11) is 1.42. The molecule has 0 saturated carbocycles. The van der Waals surface area contributed by atoms with Gasteiger partial charge in [-0.25, -0.2) is 9.82 Å². The first-order chi connectivity index (χ1) is 8.77. The summed E-state index contributed by atoms with van der Waals surface area (Å²) in [6, 6.07) is 9.81. The Labute approximate surface area is 105 Å². The van der Waals surface area contributed by atoms with E-state index in [9.17, 15) is 4.39 Å². The zero-order valence-corrected chi connectivity index (χ0v) is 9.93. The van der Waals surface area contributed by atoms with Crippen molar-refractivity contribution < 1.29 is 9.13 Å². The van der Waals surface area contributed by atoms with Crippen molar-refractivity contribution in [3.05, 3.63) is 59.7 Å². The van der Waals surface area contributed by atoms with Crippen molar-refractivity contribution in [2.45, 2.75) is 6.04 Å². The van der Waals surface area contributed by atoms with E-state index in [1.807, 2.05) is 6.07 Å². The highest BCUT2D eigenvalue weighted by atomic mass is 19.1. The SMILES string of the molecule is COc1cccc(C(NN)c2ccccn2)c1F. The standard InChI is InChI=1S/C13H14FN3O/c1-18-11-7-4-5-9(12(11)14)13(17-15)10-6-2-3-8-16-10/h2-8,13,17H,15H2,1H3. The average Bonchev–Trinajstić information content (AvgIpc) is 2.43. The number of rotatable bonds is 4. The van der Waals surface area contributed by atoms with Gasteiger partial charge in [0.1, 0.15) is 0 Å². The monoisotopic (exact) mass is 247 g/mol. The molecule has 0 radical (unpaired) electrons. The number of ether oxygens (including phenoxy) is 1. The highest BCUT2D eigenvalue weighted by Gasteiger charge is 2.19. The van der Waals surface area contributed by atoms with Crippen molar-refractivity contribution in [1.29, 1.82) is 0 Å². The van der Waals surface area contributed by atoms with Crippen LogP contribution in [0.3, 0.4) is 0 Å². The van der Waals surface area contributed by atoms with Crippen molar-refractivity contribution in [2.75, 3.05) is 7.11 Å². The molecule has 5 heteroatoms. The molecule has 18 heavy (non-hydrogen) atoms. The predicted octanol–water partition coefficient (Wildman–Crippen LogP) is 1.78. The molecule has 0 fully saturated rings. The van der Waals surface area contributed by atoms with E-state index in [4.69, 9.17) is 10.6 Å². The Bertz CT molecular complexity index is 519. The molecule has 0 bridgehead atoms. The molecule has 0 spiro atoms. The minimum atomic E-state index is -0.513. The molecule has 0 aliphatic heterocycles. The van der Waals surface area contributed by atoms with Crippen LogP contribution in [0.4, 0.5) is 4.39 Å². The fraction of sp³-hybridized carbons (Fsp3) is 0.154. The molecular formula is C13H14FN3O. The maximum Gasteiger partial charge on any atom is 0.170 e. The second kappa shape index (κ2) is 5.57. The van der Waals surface area contributed by atoms with Gasteiger partial charge in [0.2, 0.25) is 0 Å². The Morgan fingerprint density at radius 1 is 1.28 bits per heavy atom. The summed E-state index contributed by atoms with van der Waals surface area (Å²) in [5, 5.41) is 0. The van der Waals surface area contributed by atoms with Gasteiger partial charge < -0.3 is 4.74 Å². The van der Waals surface area contributed by atoms with Crippen molar-refractivity contribution in [1.82, 2.24) is 10.4 Å². The number of benzene rings is 1. The van der Waals surface area contributed by atoms with Crippen LogP contribution >= 0.6 is 0 Å². The van der Waals surface area contributed by atoms with Gasteiger partial charge in [-0.3, -0.25) is 10.8 Å². The lowest BCUT2D eigenvalue weighted by molar-refractivity contribution is 0.381. The van der Waals surface area contributed by atoms with E-state index >= 15 is 0 Å². The van der Waals surface area contributed by atoms with Gasteiger partial charge in [0.05, 0.1) is 18.8 Å². The van der Waals surface area contributed by atoms with Gasteiger partial charge >= 0.3 is 0 Å². The van der Waals surface area contributed by atoms with Crippen molar-refractivity contribution in [2.24, 2.45) is 5.84 Å². The van der Waals surface area contributed by atoms with E-state index in [0.717, 1.165) is 0 Å². The van der Waals surface area contributed by atoms with Crippen LogP contribution in [0.5, 0.6) is 5.75 Å². The second-order valence-corrected chi connectivity index (χ2v) is 3.72. The maximum absolute atomic E-state index is 14.1. The quantitative estimate of drug-likeness (QED) is 0.638. The summed E-state index contributed by atoms with van der Waals surface area (Å²) in [6.07, 6.45) is 1.64. The highest BCUT2D eigenvalue weighted by molar-refractivity contribution is 5.36. The smallest absolute Gasteiger partial charge is 0.170 e. The fourth-order valence-corrected chi connectivity index (χ4v) is 1.79. The summed E-state index contributed by atoms with van der Waals surface area (Å²) in [6.45, 7) is 0. The van der Waals surface area contributed by atoms with Crippen LogP contribution in [0, 0.1) is 5.82 Å². The number of halogens is 1. The molecule has 2 aromatic rings. The topological polar surface area (TPSA) is 60.2 Å². The molecule has 0 aliphatic rings. The van der Waals surface area contributed by atoms with Gasteiger partial charge in [0.25, 0.3) is 0 Å². The number of methoxy groups -OCH3 is 1. The zero-order chi connectivity index (χ0) is 13.0. The molecule has 1 aromatic carbocycles. The largest absolute Gasteiger partial charge is 0.494 e. The van der Waals surface area contributed by atoms with Crippen LogP contribution in [0.1, 0.15) is 17.3 Å². The lowest BCUT2D eigenvalue weighted by atomic mass is 10.0. The zero-order valence-electron chi connectivity index (χ0n) is 9.93. The molecule has 0 aliphatic carbocycles. The summed E-state index contributed by atoms with van der Waals surface area (Å²) in [5.74, 6) is 5.25. The third-order valence-corrected chi connectivity index (χ3v) is 2.67. The fourth-order valence-electron chi connectivity index (χ4n) is 1.79. The Morgan fingerprint density at radius 2 is 2.11 bits per heavy atom. The highest BCUT2D eigenvalue weighted by Crippen LogP contribution is 2.27. The molecule has 4 nitrogen and oxygen atoms in total. The van der Waals surface area contributed by atoms with Crippen molar-refractivity contribution in [3.63, 3.8) is 0 Å². The molecule has 0 saturated heterocycles. The van der Waals surface area contributed by atoms with Crippen LogP contribution in [0.15, 0.2) is 42.6 Å². The summed E-state index contributed by atoms with van der Waals surface area (Å²) in [5.41, 5.74) is 3.61. The van der Waals surface area contributed by atoms with Gasteiger partial charge in [-0.05, 0) is 18.2 Å². The lowest BCUT2D eigenvalue weighted by Gasteiger charge is -2.17. The second-order valence-electron chi connectivity index (χ2n) is 3.72. The Morgan fingerprint density at radius 3 is 2.72 bits per heavy atom. The molecule has 1 unspecified atom stereocenters. The average molecular weight is 247 g/mol. The number of aromatic nitrogens is 1. The van der Waals surface area contributed by atoms with Gasteiger partial charge in [-0.2, -0.15) is 0 Å². The predicted molar refractivity (Wildman–Crippen MR) is 66.4 cm³/mol. The van der Waals surface area contributed by atoms with E-state index < -0.39 is 11.9 Å². The van der Waals surface area contributed by atoms with Crippen LogP contribution in [-0.4, -0.2) is 12.1 Å². The third-order valence-electron chi connectivity index (χ3n) is 2.67. The number of hydrogen-bond acceptors (Lipinski definition) is 4. The first-order valence-electron chi connectivity index (χ1n) is 5.47. The minimum absolute atomic E-state index is 0.184. The molecule has 2 rings (SSSR count). The Balaban J connectivity index is 2.46. The number of hydrazine groups is 1. The molecule has 94 valence electrons. The summed E-state index contributed by atoms with van der Waals surface area (Å²) in [4.78, 5) is 4.17. The number of hydrogen-bond donors (Lipinski definition) is 2. The number of nitrogens with one attached hydrogen (secondary N) is 1. The molecule has 1 heterocycles. The van der Waals surface area contributed by atoms with E-state index in [-0.39, 0.29) is 5.75 Å². The normalized spacial score (nSPS) is 12.2. The number of nitrogens with zero attached hydrogens (tertiary/aromatic N) is 1. The first-order valence-corrected chi connectivity index (χ1v) is 5.47. The van der Waals surface area contributed by atoms with Crippen molar-refractivity contribution in [3.8, 4) is 5.75 Å². The Hall–Kier alpha value is -1.98. The molecule has 1 aromatic heterocycles. The summed E-state index contributed by atoms with van der Waals surface area (Å²) < 4.78 is 19.1. The van der Waals surface area contributed by atoms with E-state index in [2.05, 4.69) is 10.4 Å². The molecule has 0 amide bonds. The van der Waals surface area contributed by atoms with E-state index in [0.29, 0.717) is 11.3 Å². The van der Waals surface area contributed by atoms with Gasteiger partial charge in [0.15, 0.2) is 11.6 Å². The lowest BCUT2D eigenvalue weighted by Crippen LogP contribution is -2.30. The maximum atomic E-state index is 14.1. The van der Waals surface area contributed by atoms with Crippen LogP contribution in [0.25, 0.3) is 0 Å². The molecule has 3 N–H and O–H groups in total.